The molecule has 1 saturated heterocycles. The fourth-order valence-electron chi connectivity index (χ4n) is 2.84. The first-order valence-corrected chi connectivity index (χ1v) is 12.7. The van der Waals surface area contributed by atoms with Crippen molar-refractivity contribution in [2.75, 3.05) is 40.4 Å². The van der Waals surface area contributed by atoms with Gasteiger partial charge in [-0.05, 0) is 40.2 Å². The van der Waals surface area contributed by atoms with Gasteiger partial charge in [0.05, 0.1) is 22.9 Å². The molecule has 2 aromatic rings. The van der Waals surface area contributed by atoms with Gasteiger partial charge in [0.2, 0.25) is 10.0 Å². The second kappa shape index (κ2) is 8.28. The number of methoxy groups -OCH3 is 2. The van der Waals surface area contributed by atoms with Gasteiger partial charge in [-0.2, -0.15) is 8.61 Å². The SMILES string of the molecule is COc1ccc(S(=O)(=O)N2CCN(S(=O)(=O)c3ccc(Br)s3)CC2)cc1OC. The first-order valence-electron chi connectivity index (χ1n) is 8.18. The van der Waals surface area contributed by atoms with Gasteiger partial charge in [0.15, 0.2) is 11.5 Å². The number of piperazine rings is 1. The van der Waals surface area contributed by atoms with Crippen LogP contribution < -0.4 is 9.47 Å². The van der Waals surface area contributed by atoms with Gasteiger partial charge in [0, 0.05) is 32.2 Å². The summed E-state index contributed by atoms with van der Waals surface area (Å²) in [6, 6.07) is 7.59. The molecule has 0 aliphatic carbocycles. The van der Waals surface area contributed by atoms with Crippen LogP contribution in [-0.4, -0.2) is 65.8 Å². The van der Waals surface area contributed by atoms with Crippen molar-refractivity contribution in [3.05, 3.63) is 34.1 Å². The maximum Gasteiger partial charge on any atom is 0.252 e. The van der Waals surface area contributed by atoms with Crippen molar-refractivity contribution in [3.8, 4) is 11.5 Å². The highest BCUT2D eigenvalue weighted by atomic mass is 79.9. The van der Waals surface area contributed by atoms with Crippen LogP contribution >= 0.6 is 27.3 Å². The van der Waals surface area contributed by atoms with Crippen molar-refractivity contribution in [2.24, 2.45) is 0 Å². The smallest absolute Gasteiger partial charge is 0.252 e. The van der Waals surface area contributed by atoms with Crippen molar-refractivity contribution >= 4 is 47.3 Å². The van der Waals surface area contributed by atoms with Gasteiger partial charge in [-0.1, -0.05) is 0 Å². The number of benzene rings is 1. The number of thiophene rings is 1. The second-order valence-electron chi connectivity index (χ2n) is 5.88. The van der Waals surface area contributed by atoms with Crippen LogP contribution in [0.15, 0.2) is 43.2 Å². The minimum atomic E-state index is -3.78. The van der Waals surface area contributed by atoms with Gasteiger partial charge in [-0.25, -0.2) is 16.8 Å². The van der Waals surface area contributed by atoms with E-state index >= 15 is 0 Å². The van der Waals surface area contributed by atoms with Crippen molar-refractivity contribution in [2.45, 2.75) is 9.10 Å². The van der Waals surface area contributed by atoms with Crippen LogP contribution in [0.3, 0.4) is 0 Å². The summed E-state index contributed by atoms with van der Waals surface area (Å²) in [5.41, 5.74) is 0. The fraction of sp³-hybridized carbons (Fsp3) is 0.375. The lowest BCUT2D eigenvalue weighted by molar-refractivity contribution is 0.273. The molecule has 0 unspecified atom stereocenters. The first kappa shape index (κ1) is 21.5. The third-order valence-corrected chi connectivity index (χ3v) is 10.2. The van der Waals surface area contributed by atoms with Gasteiger partial charge in [0.25, 0.3) is 10.0 Å². The Morgan fingerprint density at radius 1 is 0.857 bits per heavy atom. The van der Waals surface area contributed by atoms with Gasteiger partial charge in [-0.3, -0.25) is 0 Å². The molecule has 0 amide bonds. The Morgan fingerprint density at radius 2 is 1.43 bits per heavy atom. The molecule has 8 nitrogen and oxygen atoms in total. The predicted molar refractivity (Wildman–Crippen MR) is 109 cm³/mol. The molecular formula is C16H19BrN2O6S3. The lowest BCUT2D eigenvalue weighted by Gasteiger charge is -2.33. The number of hydrogen-bond acceptors (Lipinski definition) is 7. The molecule has 1 aromatic carbocycles. The van der Waals surface area contributed by atoms with Gasteiger partial charge in [0.1, 0.15) is 4.21 Å². The molecule has 28 heavy (non-hydrogen) atoms. The van der Waals surface area contributed by atoms with Crippen LogP contribution in [0.2, 0.25) is 0 Å². The molecule has 0 saturated carbocycles. The third-order valence-electron chi connectivity index (χ3n) is 4.33. The fourth-order valence-corrected chi connectivity index (χ4v) is 7.86. The summed E-state index contributed by atoms with van der Waals surface area (Å²) < 4.78 is 65.1. The number of ether oxygens (including phenoxy) is 2. The molecule has 2 heterocycles. The van der Waals surface area contributed by atoms with E-state index < -0.39 is 20.0 Å². The Balaban J connectivity index is 1.77. The Bertz CT molecular complexity index is 1060. The van der Waals surface area contributed by atoms with Crippen LogP contribution in [0.4, 0.5) is 0 Å². The Labute approximate surface area is 176 Å². The zero-order valence-electron chi connectivity index (χ0n) is 15.2. The molecule has 12 heteroatoms. The van der Waals surface area contributed by atoms with Crippen molar-refractivity contribution < 1.29 is 26.3 Å². The molecule has 0 bridgehead atoms. The van der Waals surface area contributed by atoms with Gasteiger partial charge in [-0.15, -0.1) is 11.3 Å². The molecule has 3 rings (SSSR count). The van der Waals surface area contributed by atoms with Crippen LogP contribution in [-0.2, 0) is 20.0 Å². The maximum atomic E-state index is 12.9. The van der Waals surface area contributed by atoms with E-state index in [2.05, 4.69) is 15.9 Å². The van der Waals surface area contributed by atoms with E-state index in [9.17, 15) is 16.8 Å². The van der Waals surface area contributed by atoms with Crippen molar-refractivity contribution in [1.29, 1.82) is 0 Å². The molecule has 0 N–H and O–H groups in total. The molecule has 0 radical (unpaired) electrons. The lowest BCUT2D eigenvalue weighted by Crippen LogP contribution is -2.50. The number of sulfonamides is 2. The second-order valence-corrected chi connectivity index (χ2v) is 12.4. The van der Waals surface area contributed by atoms with Gasteiger partial charge >= 0.3 is 0 Å². The highest BCUT2D eigenvalue weighted by Gasteiger charge is 2.34. The van der Waals surface area contributed by atoms with E-state index in [0.29, 0.717) is 11.5 Å². The minimum Gasteiger partial charge on any atom is -0.493 e. The standard InChI is InChI=1S/C16H19BrN2O6S3/c1-24-13-4-3-12(11-14(13)25-2)27(20,21)18-7-9-19(10-8-18)28(22,23)16-6-5-15(17)26-16/h3-6,11H,7-10H2,1-2H3. The molecule has 1 aliphatic heterocycles. The van der Waals surface area contributed by atoms with E-state index in [-0.39, 0.29) is 35.3 Å². The van der Waals surface area contributed by atoms with E-state index in [1.165, 1.54) is 47.1 Å². The normalized spacial score (nSPS) is 16.8. The largest absolute Gasteiger partial charge is 0.493 e. The van der Waals surface area contributed by atoms with Crippen LogP contribution in [0, 0.1) is 0 Å². The number of halogens is 1. The van der Waals surface area contributed by atoms with E-state index in [1.807, 2.05) is 0 Å². The monoisotopic (exact) mass is 510 g/mol. The van der Waals surface area contributed by atoms with E-state index in [0.717, 1.165) is 15.1 Å². The Morgan fingerprint density at radius 3 is 1.93 bits per heavy atom. The number of hydrogen-bond donors (Lipinski definition) is 0. The Kier molecular flexibility index (Phi) is 6.37. The number of rotatable bonds is 6. The molecule has 0 spiro atoms. The van der Waals surface area contributed by atoms with E-state index in [1.54, 1.807) is 6.07 Å². The lowest BCUT2D eigenvalue weighted by atomic mass is 10.3. The van der Waals surface area contributed by atoms with Crippen LogP contribution in [0.25, 0.3) is 0 Å². The molecule has 154 valence electrons. The molecular weight excluding hydrogens is 492 g/mol. The average Bonchev–Trinajstić information content (AvgIpc) is 3.14. The van der Waals surface area contributed by atoms with Crippen LogP contribution in [0.5, 0.6) is 11.5 Å². The minimum absolute atomic E-state index is 0.0719. The molecule has 0 atom stereocenters. The maximum absolute atomic E-state index is 12.9. The van der Waals surface area contributed by atoms with Crippen molar-refractivity contribution in [3.63, 3.8) is 0 Å². The zero-order chi connectivity index (χ0) is 20.5. The quantitative estimate of drug-likeness (QED) is 0.591. The highest BCUT2D eigenvalue weighted by molar-refractivity contribution is 9.11. The summed E-state index contributed by atoms with van der Waals surface area (Å²) in [7, 11) is -4.51. The van der Waals surface area contributed by atoms with E-state index in [4.69, 9.17) is 9.47 Å². The summed E-state index contributed by atoms with van der Waals surface area (Å²) in [6.07, 6.45) is 0. The van der Waals surface area contributed by atoms with Gasteiger partial charge < -0.3 is 9.47 Å². The van der Waals surface area contributed by atoms with Crippen molar-refractivity contribution in [1.82, 2.24) is 8.61 Å². The molecule has 1 fully saturated rings. The summed E-state index contributed by atoms with van der Waals surface area (Å²) in [5.74, 6) is 0.743. The number of nitrogens with zero attached hydrogens (tertiary/aromatic N) is 2. The summed E-state index contributed by atoms with van der Waals surface area (Å²) in [5, 5.41) is 0. The highest BCUT2D eigenvalue weighted by Crippen LogP contribution is 2.32. The third kappa shape index (κ3) is 4.07. The molecule has 1 aliphatic rings. The topological polar surface area (TPSA) is 93.2 Å². The Hall–Kier alpha value is -1.18. The predicted octanol–water partition coefficient (Wildman–Crippen LogP) is 2.22. The zero-order valence-corrected chi connectivity index (χ0v) is 19.2. The summed E-state index contributed by atoms with van der Waals surface area (Å²) in [4.78, 5) is 0.0728. The molecule has 1 aromatic heterocycles. The van der Waals surface area contributed by atoms with Crippen LogP contribution in [0.1, 0.15) is 0 Å². The summed E-state index contributed by atoms with van der Waals surface area (Å²) >= 11 is 4.39. The summed E-state index contributed by atoms with van der Waals surface area (Å²) in [6.45, 7) is 0.319. The first-order chi connectivity index (χ1) is 13.2. The average molecular weight is 511 g/mol.